The van der Waals surface area contributed by atoms with Gasteiger partial charge in [-0.15, -0.1) is 0 Å². The van der Waals surface area contributed by atoms with Gasteiger partial charge in [0.1, 0.15) is 0 Å². The molecule has 0 amide bonds. The molecule has 0 aromatic rings. The maximum absolute atomic E-state index is 10.4. The fraction of sp³-hybridized carbons (Fsp3) is 0.850. The summed E-state index contributed by atoms with van der Waals surface area (Å²) in [4.78, 5) is 10.4. The number of allylic oxidation sites excluding steroid dienone is 2. The normalized spacial score (nSPS) is 23.2. The molecule has 0 aromatic heterocycles. The van der Waals surface area contributed by atoms with Gasteiger partial charge in [0.25, 0.3) is 0 Å². The summed E-state index contributed by atoms with van der Waals surface area (Å²) >= 11 is 0. The molecule has 0 radical (unpaired) electrons. The van der Waals surface area contributed by atoms with E-state index in [1.807, 2.05) is 0 Å². The molecule has 3 atom stereocenters. The van der Waals surface area contributed by atoms with Gasteiger partial charge in [-0.1, -0.05) is 70.9 Å². The van der Waals surface area contributed by atoms with Crippen LogP contribution in [0.15, 0.2) is 12.2 Å². The Morgan fingerprint density at radius 3 is 2.09 bits per heavy atom. The fourth-order valence-corrected chi connectivity index (χ4v) is 3.50. The van der Waals surface area contributed by atoms with Crippen LogP contribution in [0.2, 0.25) is 0 Å². The summed E-state index contributed by atoms with van der Waals surface area (Å²) in [5.74, 6) is 1.90. The molecular weight excluding hydrogens is 272 g/mol. The summed E-state index contributed by atoms with van der Waals surface area (Å²) in [5, 5.41) is 8.53. The lowest BCUT2D eigenvalue weighted by Crippen LogP contribution is -2.01. The predicted octanol–water partition coefficient (Wildman–Crippen LogP) is 6.21. The Morgan fingerprint density at radius 2 is 1.64 bits per heavy atom. The molecule has 2 nitrogen and oxygen atoms in total. The van der Waals surface area contributed by atoms with Crippen LogP contribution < -0.4 is 0 Å². The molecule has 22 heavy (non-hydrogen) atoms. The third kappa shape index (κ3) is 9.27. The zero-order chi connectivity index (χ0) is 16.2. The second-order valence-electron chi connectivity index (χ2n) is 7.31. The Balaban J connectivity index is 0.000000279. The van der Waals surface area contributed by atoms with Crippen LogP contribution in [0.25, 0.3) is 0 Å². The first kappa shape index (κ1) is 19.3. The summed E-state index contributed by atoms with van der Waals surface area (Å²) < 4.78 is 0. The summed E-state index contributed by atoms with van der Waals surface area (Å²) in [6.45, 7) is 4.39. The average molecular weight is 309 g/mol. The van der Waals surface area contributed by atoms with E-state index in [2.05, 4.69) is 26.0 Å². The Labute approximate surface area is 137 Å². The Bertz CT molecular complexity index is 310. The third-order valence-electron chi connectivity index (χ3n) is 5.07. The number of carbonyl (C=O) groups is 1. The molecule has 2 heteroatoms. The maximum atomic E-state index is 10.4. The Hall–Kier alpha value is -0.790. The van der Waals surface area contributed by atoms with Gasteiger partial charge in [-0.25, -0.2) is 0 Å². The Morgan fingerprint density at radius 1 is 1.05 bits per heavy atom. The quantitative estimate of drug-likeness (QED) is 0.385. The highest BCUT2D eigenvalue weighted by molar-refractivity contribution is 5.66. The van der Waals surface area contributed by atoms with Crippen molar-refractivity contribution >= 4 is 5.97 Å². The first-order valence-electron chi connectivity index (χ1n) is 9.52. The molecule has 0 aromatic carbocycles. The van der Waals surface area contributed by atoms with E-state index in [9.17, 15) is 4.79 Å². The van der Waals surface area contributed by atoms with Crippen molar-refractivity contribution in [2.24, 2.45) is 17.8 Å². The number of unbranched alkanes of at least 4 members (excludes halogenated alkanes) is 5. The maximum Gasteiger partial charge on any atom is 0.303 e. The largest absolute Gasteiger partial charge is 0.481 e. The first-order chi connectivity index (χ1) is 10.6. The van der Waals surface area contributed by atoms with Crippen molar-refractivity contribution in [3.05, 3.63) is 12.2 Å². The highest BCUT2D eigenvalue weighted by Crippen LogP contribution is 2.38. The highest BCUT2D eigenvalue weighted by Gasteiger charge is 2.25. The van der Waals surface area contributed by atoms with Crippen LogP contribution in [0.5, 0.6) is 0 Å². The van der Waals surface area contributed by atoms with Gasteiger partial charge in [-0.3, -0.25) is 4.79 Å². The lowest BCUT2D eigenvalue weighted by atomic mass is 9.97. The molecule has 2 aliphatic rings. The highest BCUT2D eigenvalue weighted by atomic mass is 16.4. The van der Waals surface area contributed by atoms with Crippen molar-refractivity contribution in [3.8, 4) is 0 Å². The van der Waals surface area contributed by atoms with E-state index in [4.69, 9.17) is 5.11 Å². The zero-order valence-electron chi connectivity index (χ0n) is 14.7. The van der Waals surface area contributed by atoms with Gasteiger partial charge in [-0.2, -0.15) is 0 Å². The average Bonchev–Trinajstić information content (AvgIpc) is 3.14. The molecule has 0 aliphatic heterocycles. The number of rotatable bonds is 10. The van der Waals surface area contributed by atoms with Gasteiger partial charge in [0.15, 0.2) is 0 Å². The minimum Gasteiger partial charge on any atom is -0.481 e. The minimum atomic E-state index is -0.662. The molecule has 2 rings (SSSR count). The third-order valence-corrected chi connectivity index (χ3v) is 5.07. The molecule has 1 N–H and O–H groups in total. The summed E-state index contributed by atoms with van der Waals surface area (Å²) in [6, 6.07) is 0. The summed E-state index contributed by atoms with van der Waals surface area (Å²) in [6.07, 6.45) is 19.5. The zero-order valence-corrected chi connectivity index (χ0v) is 14.7. The van der Waals surface area contributed by atoms with Gasteiger partial charge in [0.05, 0.1) is 0 Å². The topological polar surface area (TPSA) is 37.3 Å². The van der Waals surface area contributed by atoms with E-state index in [0.29, 0.717) is 12.3 Å². The van der Waals surface area contributed by atoms with Crippen LogP contribution in [-0.4, -0.2) is 11.1 Å². The van der Waals surface area contributed by atoms with Crippen molar-refractivity contribution < 1.29 is 9.90 Å². The van der Waals surface area contributed by atoms with Crippen LogP contribution in [0, 0.1) is 17.8 Å². The summed E-state index contributed by atoms with van der Waals surface area (Å²) in [5.41, 5.74) is 0. The molecule has 3 unspecified atom stereocenters. The van der Waals surface area contributed by atoms with Crippen molar-refractivity contribution in [2.45, 2.75) is 90.9 Å². The number of hydrogen-bond donors (Lipinski definition) is 1. The van der Waals surface area contributed by atoms with Gasteiger partial charge in [0.2, 0.25) is 0 Å². The van der Waals surface area contributed by atoms with Gasteiger partial charge >= 0.3 is 5.97 Å². The second kappa shape index (κ2) is 11.7. The van der Waals surface area contributed by atoms with Crippen LogP contribution in [0.1, 0.15) is 90.9 Å². The molecule has 0 heterocycles. The van der Waals surface area contributed by atoms with Crippen LogP contribution in [0.4, 0.5) is 0 Å². The molecule has 1 fully saturated rings. The first-order valence-corrected chi connectivity index (χ1v) is 9.52. The number of fused-ring (bicyclic) bond motifs is 2. The molecule has 128 valence electrons. The lowest BCUT2D eigenvalue weighted by molar-refractivity contribution is -0.137. The van der Waals surface area contributed by atoms with Crippen LogP contribution in [-0.2, 0) is 4.79 Å². The van der Waals surface area contributed by atoms with Gasteiger partial charge in [-0.05, 0) is 43.4 Å². The van der Waals surface area contributed by atoms with Crippen LogP contribution in [0.3, 0.4) is 0 Å². The standard InChI is InChI=1S/C13H26O2.C7H10/c1-3-4-5-6-7-8-9-12(2)10-11-13(14)15;1-2-7-4-3-6(1)5-7/h12H,3-11H2,1-2H3,(H,14,15);1-2,6-7H,3-5H2. The van der Waals surface area contributed by atoms with E-state index >= 15 is 0 Å². The monoisotopic (exact) mass is 308 g/mol. The molecule has 1 saturated carbocycles. The molecule has 2 bridgehead atoms. The Kier molecular flexibility index (Phi) is 10.3. The van der Waals surface area contributed by atoms with Crippen molar-refractivity contribution in [2.75, 3.05) is 0 Å². The lowest BCUT2D eigenvalue weighted by Gasteiger charge is -2.09. The van der Waals surface area contributed by atoms with E-state index in [-0.39, 0.29) is 0 Å². The number of carboxylic acids is 1. The number of hydrogen-bond acceptors (Lipinski definition) is 1. The summed E-state index contributed by atoms with van der Waals surface area (Å²) in [7, 11) is 0. The van der Waals surface area contributed by atoms with E-state index in [1.54, 1.807) is 0 Å². The van der Waals surface area contributed by atoms with E-state index in [1.165, 1.54) is 64.2 Å². The molecule has 0 spiro atoms. The van der Waals surface area contributed by atoms with Crippen molar-refractivity contribution in [3.63, 3.8) is 0 Å². The molecule has 0 saturated heterocycles. The van der Waals surface area contributed by atoms with Gasteiger partial charge in [0, 0.05) is 6.42 Å². The number of carboxylic acid groups (broad SMARTS) is 1. The molecular formula is C20H36O2. The van der Waals surface area contributed by atoms with E-state index in [0.717, 1.165) is 18.3 Å². The molecule has 2 aliphatic carbocycles. The van der Waals surface area contributed by atoms with Crippen molar-refractivity contribution in [1.29, 1.82) is 0 Å². The van der Waals surface area contributed by atoms with Crippen LogP contribution >= 0.6 is 0 Å². The second-order valence-corrected chi connectivity index (χ2v) is 7.31. The fourth-order valence-electron chi connectivity index (χ4n) is 3.50. The van der Waals surface area contributed by atoms with Crippen molar-refractivity contribution in [1.82, 2.24) is 0 Å². The van der Waals surface area contributed by atoms with Gasteiger partial charge < -0.3 is 5.11 Å². The predicted molar refractivity (Wildman–Crippen MR) is 94.0 cm³/mol. The SMILES string of the molecule is C1=CC2CCC1C2.CCCCCCCCC(C)CCC(=O)O. The smallest absolute Gasteiger partial charge is 0.303 e. The van der Waals surface area contributed by atoms with E-state index < -0.39 is 5.97 Å². The minimum absolute atomic E-state index is 0.330. The number of aliphatic carboxylic acids is 1.